The molecule has 0 bridgehead atoms. The van der Waals surface area contributed by atoms with Crippen LogP contribution in [-0.2, 0) is 16.4 Å². The van der Waals surface area contributed by atoms with Crippen molar-refractivity contribution in [2.75, 3.05) is 11.9 Å². The Labute approximate surface area is 153 Å². The molecule has 0 aliphatic heterocycles. The van der Waals surface area contributed by atoms with E-state index in [0.717, 1.165) is 17.7 Å². The van der Waals surface area contributed by atoms with Gasteiger partial charge >= 0.3 is 6.18 Å². The summed E-state index contributed by atoms with van der Waals surface area (Å²) in [6, 6.07) is 13.1. The molecule has 2 N–H and O–H groups in total. The molecule has 10 heteroatoms. The fourth-order valence-electron chi connectivity index (χ4n) is 2.07. The van der Waals surface area contributed by atoms with Gasteiger partial charge < -0.3 is 5.32 Å². The first-order valence-electron chi connectivity index (χ1n) is 7.54. The lowest BCUT2D eigenvalue weighted by molar-refractivity contribution is -0.121. The number of hydrogen-bond donors (Lipinski definition) is 2. The molecule has 0 unspecified atom stereocenters. The smallest absolute Gasteiger partial charge is 0.322 e. The van der Waals surface area contributed by atoms with Crippen LogP contribution in [0.5, 0.6) is 0 Å². The molecule has 0 aliphatic carbocycles. The van der Waals surface area contributed by atoms with E-state index in [1.165, 1.54) is 16.9 Å². The average molecular weight is 397 g/mol. The lowest BCUT2D eigenvalue weighted by Gasteiger charge is -2.10. The lowest BCUT2D eigenvalue weighted by atomic mass is 10.1. The Bertz CT molecular complexity index is 965. The number of nitriles is 1. The van der Waals surface area contributed by atoms with Crippen LogP contribution >= 0.6 is 0 Å². The van der Waals surface area contributed by atoms with E-state index in [-0.39, 0.29) is 12.0 Å². The Morgan fingerprint density at radius 2 is 1.78 bits per heavy atom. The van der Waals surface area contributed by atoms with Gasteiger partial charge in [-0.25, -0.2) is 13.1 Å². The highest BCUT2D eigenvalue weighted by molar-refractivity contribution is 7.89. The summed E-state index contributed by atoms with van der Waals surface area (Å²) in [7, 11) is -4.41. The first kappa shape index (κ1) is 20.4. The summed E-state index contributed by atoms with van der Waals surface area (Å²) in [6.07, 6.45) is -4.47. The number of hydrogen-bond acceptors (Lipinski definition) is 4. The molecule has 0 atom stereocenters. The molecule has 142 valence electrons. The molecule has 0 heterocycles. The van der Waals surface area contributed by atoms with Gasteiger partial charge in [-0.1, -0.05) is 18.2 Å². The Balaban J connectivity index is 2.14. The summed E-state index contributed by atoms with van der Waals surface area (Å²) < 4.78 is 62.0. The SMILES string of the molecule is N#CCc1ccc(NC(=O)c2cccc(S(=O)(=O)NCC(F)(F)F)c2)cc1. The molecule has 0 aliphatic rings. The van der Waals surface area contributed by atoms with E-state index in [0.29, 0.717) is 5.69 Å². The predicted octanol–water partition coefficient (Wildman–Crippen LogP) is 2.85. The van der Waals surface area contributed by atoms with Crippen LogP contribution in [0.25, 0.3) is 0 Å². The zero-order valence-corrected chi connectivity index (χ0v) is 14.6. The number of nitrogens with one attached hydrogen (secondary N) is 2. The second-order valence-corrected chi connectivity index (χ2v) is 7.22. The summed E-state index contributed by atoms with van der Waals surface area (Å²) in [6.45, 7) is -1.71. The number of sulfonamides is 1. The van der Waals surface area contributed by atoms with Crippen molar-refractivity contribution in [3.8, 4) is 6.07 Å². The fourth-order valence-corrected chi connectivity index (χ4v) is 3.13. The van der Waals surface area contributed by atoms with Gasteiger partial charge in [-0.05, 0) is 35.9 Å². The van der Waals surface area contributed by atoms with E-state index in [1.54, 1.807) is 24.3 Å². The van der Waals surface area contributed by atoms with Crippen molar-refractivity contribution in [2.45, 2.75) is 17.5 Å². The third-order valence-electron chi connectivity index (χ3n) is 3.36. The van der Waals surface area contributed by atoms with E-state index in [2.05, 4.69) is 5.32 Å². The minimum absolute atomic E-state index is 0.0361. The molecule has 0 spiro atoms. The van der Waals surface area contributed by atoms with Crippen LogP contribution in [0.15, 0.2) is 53.4 Å². The molecule has 0 saturated carbocycles. The van der Waals surface area contributed by atoms with Crippen molar-refractivity contribution in [1.29, 1.82) is 5.26 Å². The van der Waals surface area contributed by atoms with Gasteiger partial charge in [-0.2, -0.15) is 18.4 Å². The zero-order chi connectivity index (χ0) is 20.1. The highest BCUT2D eigenvalue weighted by Crippen LogP contribution is 2.17. The Hall–Kier alpha value is -2.90. The molecule has 0 fully saturated rings. The zero-order valence-electron chi connectivity index (χ0n) is 13.7. The first-order chi connectivity index (χ1) is 12.6. The Morgan fingerprint density at radius 1 is 1.11 bits per heavy atom. The van der Waals surface area contributed by atoms with Crippen molar-refractivity contribution < 1.29 is 26.4 Å². The minimum atomic E-state index is -4.69. The molecule has 6 nitrogen and oxygen atoms in total. The van der Waals surface area contributed by atoms with E-state index in [9.17, 15) is 26.4 Å². The number of amides is 1. The van der Waals surface area contributed by atoms with Crippen LogP contribution in [0.3, 0.4) is 0 Å². The predicted molar refractivity (Wildman–Crippen MR) is 91.4 cm³/mol. The quantitative estimate of drug-likeness (QED) is 0.783. The van der Waals surface area contributed by atoms with Crippen molar-refractivity contribution in [3.63, 3.8) is 0 Å². The monoisotopic (exact) mass is 397 g/mol. The minimum Gasteiger partial charge on any atom is -0.322 e. The lowest BCUT2D eigenvalue weighted by Crippen LogP contribution is -2.33. The van der Waals surface area contributed by atoms with Crippen molar-refractivity contribution >= 4 is 21.6 Å². The number of carbonyl (C=O) groups is 1. The van der Waals surface area contributed by atoms with Gasteiger partial charge in [0.15, 0.2) is 0 Å². The highest BCUT2D eigenvalue weighted by atomic mass is 32.2. The molecule has 2 aromatic carbocycles. The maximum atomic E-state index is 12.3. The molecule has 2 rings (SSSR count). The maximum Gasteiger partial charge on any atom is 0.402 e. The van der Waals surface area contributed by atoms with Crippen LogP contribution < -0.4 is 10.0 Å². The first-order valence-corrected chi connectivity index (χ1v) is 9.03. The van der Waals surface area contributed by atoms with Crippen LogP contribution in [0.2, 0.25) is 0 Å². The van der Waals surface area contributed by atoms with E-state index in [1.807, 2.05) is 6.07 Å². The number of rotatable bonds is 6. The summed E-state index contributed by atoms with van der Waals surface area (Å²) >= 11 is 0. The largest absolute Gasteiger partial charge is 0.402 e. The molecule has 0 radical (unpaired) electrons. The number of carbonyl (C=O) groups excluding carboxylic acids is 1. The molecule has 27 heavy (non-hydrogen) atoms. The van der Waals surface area contributed by atoms with E-state index >= 15 is 0 Å². The molecule has 0 aromatic heterocycles. The fraction of sp³-hybridized carbons (Fsp3) is 0.176. The number of benzene rings is 2. The van der Waals surface area contributed by atoms with Gasteiger partial charge in [0.05, 0.1) is 17.4 Å². The Morgan fingerprint density at radius 3 is 2.37 bits per heavy atom. The third kappa shape index (κ3) is 6.09. The summed E-state index contributed by atoms with van der Waals surface area (Å²) in [5, 5.41) is 11.2. The van der Waals surface area contributed by atoms with Gasteiger partial charge in [0.2, 0.25) is 10.0 Å². The number of halogens is 3. The second-order valence-electron chi connectivity index (χ2n) is 5.45. The van der Waals surface area contributed by atoms with Crippen molar-refractivity contribution in [2.24, 2.45) is 0 Å². The number of alkyl halides is 3. The summed E-state index contributed by atoms with van der Waals surface area (Å²) in [5.41, 5.74) is 1.15. The van der Waals surface area contributed by atoms with Gasteiger partial charge in [0.25, 0.3) is 5.91 Å². The molecular weight excluding hydrogens is 383 g/mol. The van der Waals surface area contributed by atoms with Gasteiger partial charge in [-0.15, -0.1) is 0 Å². The molecule has 0 saturated heterocycles. The van der Waals surface area contributed by atoms with Gasteiger partial charge in [0, 0.05) is 11.3 Å². The average Bonchev–Trinajstić information content (AvgIpc) is 2.61. The summed E-state index contributed by atoms with van der Waals surface area (Å²) in [5.74, 6) is -0.629. The van der Waals surface area contributed by atoms with Crippen molar-refractivity contribution in [1.82, 2.24) is 4.72 Å². The van der Waals surface area contributed by atoms with E-state index in [4.69, 9.17) is 5.26 Å². The Kier molecular flexibility index (Phi) is 6.20. The van der Waals surface area contributed by atoms with Crippen LogP contribution in [0.1, 0.15) is 15.9 Å². The normalized spacial score (nSPS) is 11.6. The second kappa shape index (κ2) is 8.20. The van der Waals surface area contributed by atoms with Gasteiger partial charge in [-0.3, -0.25) is 4.79 Å². The molecule has 2 aromatic rings. The molecule has 1 amide bonds. The van der Waals surface area contributed by atoms with Gasteiger partial charge in [0.1, 0.15) is 6.54 Å². The van der Waals surface area contributed by atoms with Crippen molar-refractivity contribution in [3.05, 3.63) is 59.7 Å². The highest BCUT2D eigenvalue weighted by Gasteiger charge is 2.30. The van der Waals surface area contributed by atoms with Crippen LogP contribution in [0.4, 0.5) is 18.9 Å². The van der Waals surface area contributed by atoms with Crippen LogP contribution in [0, 0.1) is 11.3 Å². The van der Waals surface area contributed by atoms with E-state index < -0.39 is 33.5 Å². The maximum absolute atomic E-state index is 12.3. The third-order valence-corrected chi connectivity index (χ3v) is 4.76. The topological polar surface area (TPSA) is 99.1 Å². The van der Waals surface area contributed by atoms with Crippen LogP contribution in [-0.4, -0.2) is 27.0 Å². The number of anilines is 1. The summed E-state index contributed by atoms with van der Waals surface area (Å²) in [4.78, 5) is 11.8. The standard InChI is InChI=1S/C17H14F3N3O3S/c18-17(19,20)11-22-27(25,26)15-3-1-2-13(10-15)16(24)23-14-6-4-12(5-7-14)8-9-21/h1-7,10,22H,8,11H2,(H,23,24). The number of nitrogens with zero attached hydrogens (tertiary/aromatic N) is 1. The molecular formula is C17H14F3N3O3S.